The van der Waals surface area contributed by atoms with Crippen molar-refractivity contribution in [1.29, 1.82) is 0 Å². The Morgan fingerprint density at radius 3 is 2.26 bits per heavy atom. The van der Waals surface area contributed by atoms with Crippen molar-refractivity contribution in [3.05, 3.63) is 102 Å². The number of anilines is 1. The summed E-state index contributed by atoms with van der Waals surface area (Å²) < 4.78 is 46.0. The summed E-state index contributed by atoms with van der Waals surface area (Å²) in [6.07, 6.45) is 0.555. The Kier molecular flexibility index (Phi) is 7.37. The molecule has 0 bridgehead atoms. The number of nitrogens with zero attached hydrogens (tertiary/aromatic N) is 2. The molecule has 0 aliphatic rings. The molecule has 0 spiro atoms. The second-order valence-corrected chi connectivity index (χ2v) is 9.51. The van der Waals surface area contributed by atoms with Crippen LogP contribution in [0.25, 0.3) is 11.3 Å². The average Bonchev–Trinajstić information content (AvgIpc) is 2.87. The lowest BCUT2D eigenvalue weighted by molar-refractivity contribution is -0.139. The summed E-state index contributed by atoms with van der Waals surface area (Å²) in [5.74, 6) is 1.63. The van der Waals surface area contributed by atoms with Crippen molar-refractivity contribution in [3.63, 3.8) is 0 Å². The molecule has 1 atom stereocenters. The molecule has 0 saturated carbocycles. The van der Waals surface area contributed by atoms with Gasteiger partial charge in [0, 0.05) is 28.9 Å². The monoisotopic (exact) mass is 482 g/mol. The zero-order valence-corrected chi connectivity index (χ0v) is 19.2. The fourth-order valence-electron chi connectivity index (χ4n) is 3.38. The van der Waals surface area contributed by atoms with Gasteiger partial charge in [-0.05, 0) is 29.8 Å². The van der Waals surface area contributed by atoms with Crippen LogP contribution in [0.5, 0.6) is 5.75 Å². The molecule has 0 radical (unpaired) electrons. The van der Waals surface area contributed by atoms with Gasteiger partial charge in [-0.15, -0.1) is 0 Å². The highest BCUT2D eigenvalue weighted by Gasteiger charge is 2.38. The van der Waals surface area contributed by atoms with E-state index in [1.165, 1.54) is 12.1 Å². The van der Waals surface area contributed by atoms with Crippen LogP contribution in [0.4, 0.5) is 19.0 Å². The van der Waals surface area contributed by atoms with Gasteiger partial charge in [-0.3, -0.25) is 4.98 Å². The minimum atomic E-state index is -4.39. The Morgan fingerprint density at radius 2 is 1.53 bits per heavy atom. The van der Waals surface area contributed by atoms with Crippen LogP contribution in [-0.2, 0) is 23.7 Å². The maximum Gasteiger partial charge on any atom is 0.421 e. The molecule has 0 saturated heterocycles. The predicted octanol–water partition coefficient (Wildman–Crippen LogP) is 6.42. The van der Waals surface area contributed by atoms with Crippen LogP contribution in [0.15, 0.2) is 96.2 Å². The van der Waals surface area contributed by atoms with E-state index in [9.17, 15) is 13.2 Å². The van der Waals surface area contributed by atoms with Gasteiger partial charge in [0.2, 0.25) is 0 Å². The van der Waals surface area contributed by atoms with Crippen molar-refractivity contribution in [1.82, 2.24) is 9.97 Å². The highest BCUT2D eigenvalue weighted by atomic mass is 32.2. The van der Waals surface area contributed by atoms with E-state index in [2.05, 4.69) is 15.3 Å². The lowest BCUT2D eigenvalue weighted by atomic mass is 10.1. The van der Waals surface area contributed by atoms with Gasteiger partial charge in [-0.2, -0.15) is 13.2 Å². The molecule has 4 rings (SSSR count). The molecule has 0 amide bonds. The molecule has 174 valence electrons. The van der Waals surface area contributed by atoms with Gasteiger partial charge >= 0.3 is 6.18 Å². The summed E-state index contributed by atoms with van der Waals surface area (Å²) in [7, 11) is -0.697. The van der Waals surface area contributed by atoms with Crippen molar-refractivity contribution >= 4 is 16.7 Å². The Balaban J connectivity index is 1.45. The predicted molar refractivity (Wildman–Crippen MR) is 130 cm³/mol. The first kappa shape index (κ1) is 23.6. The third-order valence-electron chi connectivity index (χ3n) is 5.10. The molecule has 4 nitrogen and oxygen atoms in total. The summed E-state index contributed by atoms with van der Waals surface area (Å²) in [6.45, 7) is 0.438. The maximum absolute atomic E-state index is 13.4. The SMILES string of the molecule is C[S+](CNc1nccnc1-c1ccc(COc2ccccc2)cc1)c1ccccc1C(F)(F)F. The molecule has 3 aromatic carbocycles. The van der Waals surface area contributed by atoms with Crippen LogP contribution in [0.3, 0.4) is 0 Å². The molecule has 1 heterocycles. The molecule has 4 aromatic rings. The number of hydrogen-bond acceptors (Lipinski definition) is 4. The molecule has 8 heteroatoms. The van der Waals surface area contributed by atoms with E-state index in [-0.39, 0.29) is 4.90 Å². The van der Waals surface area contributed by atoms with Crippen molar-refractivity contribution < 1.29 is 17.9 Å². The maximum atomic E-state index is 13.4. The van der Waals surface area contributed by atoms with E-state index >= 15 is 0 Å². The first-order valence-electron chi connectivity index (χ1n) is 10.5. The fraction of sp³-hybridized carbons (Fsp3) is 0.154. The molecule has 1 N–H and O–H groups in total. The molecule has 1 unspecified atom stereocenters. The largest absolute Gasteiger partial charge is 0.489 e. The number of halogens is 3. The number of rotatable bonds is 8. The number of para-hydroxylation sites is 1. The number of hydrogen-bond donors (Lipinski definition) is 1. The Morgan fingerprint density at radius 1 is 0.853 bits per heavy atom. The third-order valence-corrected chi connectivity index (χ3v) is 6.78. The fourth-order valence-corrected chi connectivity index (χ4v) is 4.76. The first-order valence-corrected chi connectivity index (χ1v) is 12.3. The topological polar surface area (TPSA) is 47.0 Å². The summed E-state index contributed by atoms with van der Waals surface area (Å²) in [5, 5.41) is 3.20. The van der Waals surface area contributed by atoms with E-state index in [0.29, 0.717) is 24.0 Å². The first-order chi connectivity index (χ1) is 16.4. The van der Waals surface area contributed by atoms with Gasteiger partial charge in [-0.1, -0.05) is 54.6 Å². The zero-order chi connectivity index (χ0) is 24.0. The van der Waals surface area contributed by atoms with Crippen LogP contribution in [0.2, 0.25) is 0 Å². The summed E-state index contributed by atoms with van der Waals surface area (Å²) in [5.41, 5.74) is 1.89. The van der Waals surface area contributed by atoms with Gasteiger partial charge in [0.15, 0.2) is 16.6 Å². The number of benzene rings is 3. The molecular weight excluding hydrogens is 459 g/mol. The normalized spacial score (nSPS) is 12.2. The smallest absolute Gasteiger partial charge is 0.421 e. The lowest BCUT2D eigenvalue weighted by Crippen LogP contribution is -2.19. The van der Waals surface area contributed by atoms with Crippen LogP contribution in [-0.4, -0.2) is 22.1 Å². The van der Waals surface area contributed by atoms with Crippen LogP contribution < -0.4 is 10.1 Å². The number of ether oxygens (including phenoxy) is 1. The average molecular weight is 483 g/mol. The zero-order valence-electron chi connectivity index (χ0n) is 18.4. The Hall–Kier alpha value is -3.52. The van der Waals surface area contributed by atoms with E-state index in [0.717, 1.165) is 22.9 Å². The van der Waals surface area contributed by atoms with E-state index in [1.54, 1.807) is 24.7 Å². The minimum absolute atomic E-state index is 0.274. The van der Waals surface area contributed by atoms with Gasteiger partial charge in [-0.25, -0.2) is 4.98 Å². The van der Waals surface area contributed by atoms with Crippen molar-refractivity contribution in [3.8, 4) is 17.0 Å². The van der Waals surface area contributed by atoms with Crippen LogP contribution >= 0.6 is 0 Å². The number of aromatic nitrogens is 2. The lowest BCUT2D eigenvalue weighted by Gasteiger charge is -2.13. The standard InChI is InChI=1S/C26H23F3N3OS/c1-34(23-10-6-5-9-22(23)26(27,28)29)18-32-25-24(30-15-16-31-25)20-13-11-19(12-14-20)17-33-21-7-3-2-4-8-21/h2-16H,17-18H2,1H3,(H,31,32)/q+1. The molecule has 34 heavy (non-hydrogen) atoms. The van der Waals surface area contributed by atoms with Crippen molar-refractivity contribution in [2.24, 2.45) is 0 Å². The second kappa shape index (κ2) is 10.6. The summed E-state index contributed by atoms with van der Waals surface area (Å²) in [4.78, 5) is 9.09. The van der Waals surface area contributed by atoms with Crippen LogP contribution in [0.1, 0.15) is 11.1 Å². The molecule has 0 fully saturated rings. The second-order valence-electron chi connectivity index (χ2n) is 7.50. The Bertz CT molecular complexity index is 1220. The molecular formula is C26H23F3N3OS+. The highest BCUT2D eigenvalue weighted by Crippen LogP contribution is 2.34. The minimum Gasteiger partial charge on any atom is -0.489 e. The van der Waals surface area contributed by atoms with Crippen LogP contribution in [0, 0.1) is 0 Å². The van der Waals surface area contributed by atoms with Gasteiger partial charge in [0.05, 0.1) is 0 Å². The Labute approximate surface area is 199 Å². The number of alkyl halides is 3. The van der Waals surface area contributed by atoms with E-state index in [4.69, 9.17) is 4.74 Å². The van der Waals surface area contributed by atoms with Gasteiger partial charge in [0.1, 0.15) is 29.9 Å². The van der Waals surface area contributed by atoms with Crippen molar-refractivity contribution in [2.45, 2.75) is 17.7 Å². The highest BCUT2D eigenvalue weighted by molar-refractivity contribution is 7.96. The quantitative estimate of drug-likeness (QED) is 0.295. The van der Waals surface area contributed by atoms with Gasteiger partial charge in [0.25, 0.3) is 0 Å². The summed E-state index contributed by atoms with van der Waals surface area (Å²) in [6, 6.07) is 23.1. The molecule has 0 aliphatic carbocycles. The molecule has 0 aliphatic heterocycles. The number of nitrogens with one attached hydrogen (secondary N) is 1. The molecule has 1 aromatic heterocycles. The van der Waals surface area contributed by atoms with Crippen molar-refractivity contribution in [2.75, 3.05) is 17.4 Å². The van der Waals surface area contributed by atoms with E-state index in [1.807, 2.05) is 54.6 Å². The van der Waals surface area contributed by atoms with Gasteiger partial charge < -0.3 is 10.1 Å². The third kappa shape index (κ3) is 5.88. The van der Waals surface area contributed by atoms with E-state index < -0.39 is 22.6 Å². The summed E-state index contributed by atoms with van der Waals surface area (Å²) >= 11 is 0.